The predicted octanol–water partition coefficient (Wildman–Crippen LogP) is 1.02. The molecule has 23 heavy (non-hydrogen) atoms. The highest BCUT2D eigenvalue weighted by Gasteiger charge is 2.34. The van der Waals surface area contributed by atoms with Gasteiger partial charge in [-0.3, -0.25) is 9.48 Å². The Morgan fingerprint density at radius 1 is 1.39 bits per heavy atom. The van der Waals surface area contributed by atoms with Crippen molar-refractivity contribution >= 4 is 30.7 Å². The van der Waals surface area contributed by atoms with Crippen LogP contribution in [0, 0.1) is 5.92 Å². The summed E-state index contributed by atoms with van der Waals surface area (Å²) in [6, 6.07) is 0. The van der Waals surface area contributed by atoms with Gasteiger partial charge in [0.1, 0.15) is 0 Å². The first-order valence-corrected chi connectivity index (χ1v) is 7.85. The number of carbonyl (C=O) groups is 1. The average Bonchev–Trinajstić information content (AvgIpc) is 3.11. The maximum atomic E-state index is 12.4. The van der Waals surface area contributed by atoms with Gasteiger partial charge in [0.05, 0.1) is 12.1 Å². The second kappa shape index (κ2) is 10.9. The molecule has 1 fully saturated rings. The van der Waals surface area contributed by atoms with Crippen molar-refractivity contribution in [2.24, 2.45) is 13.0 Å². The summed E-state index contributed by atoms with van der Waals surface area (Å²) in [6.07, 6.45) is 3.88. The zero-order valence-corrected chi connectivity index (χ0v) is 15.8. The van der Waals surface area contributed by atoms with Gasteiger partial charge >= 0.3 is 0 Å². The molecule has 0 bridgehead atoms. The van der Waals surface area contributed by atoms with E-state index in [-0.39, 0.29) is 42.6 Å². The van der Waals surface area contributed by atoms with Crippen LogP contribution < -0.4 is 10.6 Å². The minimum absolute atomic E-state index is 0. The molecule has 2 N–H and O–H groups in total. The molecular weight excluding hydrogens is 337 g/mol. The van der Waals surface area contributed by atoms with Gasteiger partial charge in [-0.05, 0) is 18.7 Å². The maximum absolute atomic E-state index is 12.4. The molecule has 1 aliphatic heterocycles. The molecule has 1 saturated heterocycles. The fourth-order valence-electron chi connectivity index (χ4n) is 2.94. The topological polar surface area (TPSA) is 62.2 Å². The number of likely N-dealkylation sites (N-methyl/N-ethyl adjacent to an activating group) is 1. The molecule has 6 nitrogen and oxygen atoms in total. The van der Waals surface area contributed by atoms with E-state index in [2.05, 4.69) is 34.5 Å². The Morgan fingerprint density at radius 3 is 2.65 bits per heavy atom. The first-order valence-electron chi connectivity index (χ1n) is 7.85. The third-order valence-electron chi connectivity index (χ3n) is 4.33. The van der Waals surface area contributed by atoms with E-state index in [1.807, 2.05) is 19.4 Å². The number of aromatic nitrogens is 2. The largest absolute Gasteiger partial charge is 0.355 e. The quantitative estimate of drug-likeness (QED) is 0.757. The average molecular weight is 366 g/mol. The third kappa shape index (κ3) is 5.95. The zero-order chi connectivity index (χ0) is 15.2. The van der Waals surface area contributed by atoms with Gasteiger partial charge in [0, 0.05) is 45.3 Å². The third-order valence-corrected chi connectivity index (χ3v) is 4.33. The van der Waals surface area contributed by atoms with Crippen LogP contribution >= 0.6 is 24.8 Å². The number of aryl methyl sites for hydroxylation is 1. The summed E-state index contributed by atoms with van der Waals surface area (Å²) in [5.74, 6) is 0.388. The molecule has 1 aromatic rings. The SMILES string of the molecule is CCN(CC)CCNC(=O)[C@H]1CNC[C@@H]1c1cnn(C)c1.Cl.Cl. The van der Waals surface area contributed by atoms with Crippen molar-refractivity contribution in [3.05, 3.63) is 18.0 Å². The first kappa shape index (κ1) is 22.2. The highest BCUT2D eigenvalue weighted by Crippen LogP contribution is 2.27. The van der Waals surface area contributed by atoms with E-state index in [4.69, 9.17) is 0 Å². The van der Waals surface area contributed by atoms with Gasteiger partial charge in [0.25, 0.3) is 0 Å². The summed E-state index contributed by atoms with van der Waals surface area (Å²) in [5, 5.41) is 10.6. The molecule has 134 valence electrons. The van der Waals surface area contributed by atoms with Crippen molar-refractivity contribution < 1.29 is 4.79 Å². The van der Waals surface area contributed by atoms with Crippen LogP contribution in [-0.2, 0) is 11.8 Å². The van der Waals surface area contributed by atoms with E-state index in [1.54, 1.807) is 4.68 Å². The molecule has 0 spiro atoms. The van der Waals surface area contributed by atoms with Gasteiger partial charge in [-0.15, -0.1) is 24.8 Å². The van der Waals surface area contributed by atoms with Gasteiger partial charge in [-0.25, -0.2) is 0 Å². The van der Waals surface area contributed by atoms with Crippen molar-refractivity contribution in [1.29, 1.82) is 0 Å². The molecule has 2 atom stereocenters. The van der Waals surface area contributed by atoms with Crippen LogP contribution in [0.4, 0.5) is 0 Å². The second-order valence-electron chi connectivity index (χ2n) is 5.64. The lowest BCUT2D eigenvalue weighted by Crippen LogP contribution is -2.39. The number of hydrogen-bond donors (Lipinski definition) is 2. The summed E-state index contributed by atoms with van der Waals surface area (Å²) in [4.78, 5) is 14.7. The highest BCUT2D eigenvalue weighted by molar-refractivity contribution is 5.85. The lowest BCUT2D eigenvalue weighted by Gasteiger charge is -2.20. The molecule has 0 aliphatic carbocycles. The van der Waals surface area contributed by atoms with Crippen molar-refractivity contribution in [3.8, 4) is 0 Å². The molecule has 1 aromatic heterocycles. The van der Waals surface area contributed by atoms with E-state index in [1.165, 1.54) is 0 Å². The molecule has 1 aliphatic rings. The molecule has 8 heteroatoms. The smallest absolute Gasteiger partial charge is 0.225 e. The molecule has 0 saturated carbocycles. The molecule has 0 aromatic carbocycles. The number of halogens is 2. The molecule has 1 amide bonds. The standard InChI is InChI=1S/C15H27N5O.2ClH/c1-4-20(5-2)7-6-17-15(21)14-10-16-9-13(14)12-8-18-19(3)11-12;;/h8,11,13-14,16H,4-7,9-10H2,1-3H3,(H,17,21);2*1H/t13-,14+;;/m1../s1. The van der Waals surface area contributed by atoms with Crippen molar-refractivity contribution in [1.82, 2.24) is 25.3 Å². The van der Waals surface area contributed by atoms with Crippen LogP contribution in [0.25, 0.3) is 0 Å². The number of hydrogen-bond acceptors (Lipinski definition) is 4. The van der Waals surface area contributed by atoms with Crippen LogP contribution in [0.1, 0.15) is 25.3 Å². The van der Waals surface area contributed by atoms with E-state index in [0.29, 0.717) is 0 Å². The number of nitrogens with one attached hydrogen (secondary N) is 2. The minimum Gasteiger partial charge on any atom is -0.355 e. The molecule has 0 unspecified atom stereocenters. The van der Waals surface area contributed by atoms with E-state index >= 15 is 0 Å². The Bertz CT molecular complexity index is 464. The molecule has 0 radical (unpaired) electrons. The van der Waals surface area contributed by atoms with Crippen molar-refractivity contribution in [2.75, 3.05) is 39.3 Å². The maximum Gasteiger partial charge on any atom is 0.225 e. The van der Waals surface area contributed by atoms with Gasteiger partial charge in [-0.2, -0.15) is 5.10 Å². The highest BCUT2D eigenvalue weighted by atomic mass is 35.5. The summed E-state index contributed by atoms with van der Waals surface area (Å²) >= 11 is 0. The molecular formula is C15H29Cl2N5O. The van der Waals surface area contributed by atoms with Gasteiger partial charge < -0.3 is 15.5 Å². The summed E-state index contributed by atoms with van der Waals surface area (Å²) in [5.41, 5.74) is 1.14. The lowest BCUT2D eigenvalue weighted by molar-refractivity contribution is -0.124. The lowest BCUT2D eigenvalue weighted by atomic mass is 9.90. The number of carbonyl (C=O) groups excluding carboxylic acids is 1. The second-order valence-corrected chi connectivity index (χ2v) is 5.64. The Morgan fingerprint density at radius 2 is 2.09 bits per heavy atom. The zero-order valence-electron chi connectivity index (χ0n) is 14.1. The number of nitrogens with zero attached hydrogens (tertiary/aromatic N) is 3. The molecule has 2 rings (SSSR count). The monoisotopic (exact) mass is 365 g/mol. The first-order chi connectivity index (χ1) is 10.2. The number of amides is 1. The normalized spacial score (nSPS) is 20.0. The van der Waals surface area contributed by atoms with Crippen LogP contribution in [0.15, 0.2) is 12.4 Å². The van der Waals surface area contributed by atoms with Crippen LogP contribution in [0.2, 0.25) is 0 Å². The van der Waals surface area contributed by atoms with Gasteiger partial charge in [0.15, 0.2) is 0 Å². The van der Waals surface area contributed by atoms with E-state index < -0.39 is 0 Å². The number of rotatable bonds is 7. The summed E-state index contributed by atoms with van der Waals surface area (Å²) in [7, 11) is 1.91. The predicted molar refractivity (Wildman–Crippen MR) is 97.6 cm³/mol. The van der Waals surface area contributed by atoms with Gasteiger partial charge in [-0.1, -0.05) is 13.8 Å². The fourth-order valence-corrected chi connectivity index (χ4v) is 2.94. The van der Waals surface area contributed by atoms with Crippen molar-refractivity contribution in [3.63, 3.8) is 0 Å². The van der Waals surface area contributed by atoms with E-state index in [0.717, 1.165) is 44.8 Å². The summed E-state index contributed by atoms with van der Waals surface area (Å²) in [6.45, 7) is 9.56. The van der Waals surface area contributed by atoms with E-state index in [9.17, 15) is 4.79 Å². The Balaban J connectivity index is 0.00000242. The van der Waals surface area contributed by atoms with Crippen LogP contribution in [0.3, 0.4) is 0 Å². The summed E-state index contributed by atoms with van der Waals surface area (Å²) < 4.78 is 1.79. The van der Waals surface area contributed by atoms with Gasteiger partial charge in [0.2, 0.25) is 5.91 Å². The minimum atomic E-state index is 0. The Hall–Kier alpha value is -0.820. The Labute approximate surface area is 151 Å². The van der Waals surface area contributed by atoms with Crippen LogP contribution in [-0.4, -0.2) is 59.9 Å². The molecule has 2 heterocycles. The van der Waals surface area contributed by atoms with Crippen LogP contribution in [0.5, 0.6) is 0 Å². The van der Waals surface area contributed by atoms with Crippen molar-refractivity contribution in [2.45, 2.75) is 19.8 Å². The fraction of sp³-hybridized carbons (Fsp3) is 0.733. The Kier molecular flexibility index (Phi) is 10.5.